The molecular weight excluding hydrogens is 466 g/mol. The zero-order valence-electron chi connectivity index (χ0n) is 18.7. The Morgan fingerprint density at radius 1 is 1.38 bits per heavy atom. The Morgan fingerprint density at radius 2 is 2.09 bits per heavy atom. The van der Waals surface area contributed by atoms with Gasteiger partial charge in [0.1, 0.15) is 11.9 Å². The minimum absolute atomic E-state index is 0.0274. The lowest BCUT2D eigenvalue weighted by atomic mass is 9.84. The topological polar surface area (TPSA) is 151 Å². The molecule has 0 fully saturated rings. The average molecular weight is 490 g/mol. The van der Waals surface area contributed by atoms with Crippen LogP contribution in [0.15, 0.2) is 47.5 Å². The maximum absolute atomic E-state index is 11.4. The molecule has 34 heavy (non-hydrogen) atoms. The molecule has 12 heteroatoms. The molecule has 0 aliphatic carbocycles. The van der Waals surface area contributed by atoms with E-state index in [9.17, 15) is 20.5 Å². The molecule has 1 aliphatic heterocycles. The van der Waals surface area contributed by atoms with Crippen LogP contribution < -0.4 is 15.4 Å². The van der Waals surface area contributed by atoms with Crippen LogP contribution in [-0.4, -0.2) is 48.2 Å². The zero-order chi connectivity index (χ0) is 24.9. The fraction of sp³-hybridized carbons (Fsp3) is 0.364. The number of methoxy groups -OCH3 is 2. The Balaban J connectivity index is 2.04. The van der Waals surface area contributed by atoms with Crippen LogP contribution in [0.4, 0.5) is 5.69 Å². The highest BCUT2D eigenvalue weighted by Crippen LogP contribution is 2.43. The van der Waals surface area contributed by atoms with Crippen molar-refractivity contribution in [3.63, 3.8) is 0 Å². The second kappa shape index (κ2) is 10.7. The van der Waals surface area contributed by atoms with Crippen molar-refractivity contribution in [2.24, 2.45) is 4.99 Å². The van der Waals surface area contributed by atoms with Gasteiger partial charge in [-0.1, -0.05) is 29.8 Å². The number of benzene rings is 2. The van der Waals surface area contributed by atoms with Crippen LogP contribution >= 0.6 is 11.6 Å². The molecule has 0 saturated carbocycles. The number of ether oxygens (including phenoxy) is 3. The van der Waals surface area contributed by atoms with E-state index in [1.54, 1.807) is 37.4 Å². The first-order valence-corrected chi connectivity index (χ1v) is 10.5. The number of fused-ring (bicyclic) bond motifs is 1. The number of nitro benzene ring substituents is 1. The number of nitrogens with one attached hydrogen (secondary N) is 2. The number of nitrogens with zero attached hydrogens (tertiary/aromatic N) is 3. The number of hydrogen-bond donors (Lipinski definition) is 3. The first kappa shape index (κ1) is 25.2. The van der Waals surface area contributed by atoms with Gasteiger partial charge in [-0.2, -0.15) is 5.26 Å². The van der Waals surface area contributed by atoms with Crippen molar-refractivity contribution in [2.45, 2.75) is 37.5 Å². The van der Waals surface area contributed by atoms with Crippen LogP contribution in [0.1, 0.15) is 24.1 Å². The summed E-state index contributed by atoms with van der Waals surface area (Å²) in [6.07, 6.45) is -0.523. The molecule has 1 heterocycles. The number of aliphatic imine (C=N–C) groups is 1. The number of rotatable bonds is 7. The second-order valence-corrected chi connectivity index (χ2v) is 8.04. The number of non-ortho nitro benzene ring substituents is 1. The smallest absolute Gasteiger partial charge is 0.270 e. The van der Waals surface area contributed by atoms with E-state index in [0.29, 0.717) is 10.6 Å². The molecule has 3 N–H and O–H groups in total. The summed E-state index contributed by atoms with van der Waals surface area (Å²) in [6.45, 7) is 1.72. The molecule has 0 unspecified atom stereocenters. The lowest BCUT2D eigenvalue weighted by Crippen LogP contribution is -2.62. The molecule has 2 aromatic rings. The highest BCUT2D eigenvalue weighted by atomic mass is 35.5. The summed E-state index contributed by atoms with van der Waals surface area (Å²) in [7, 11) is 2.80. The Morgan fingerprint density at radius 3 is 2.71 bits per heavy atom. The average Bonchev–Trinajstić information content (AvgIpc) is 2.81. The SMILES string of the molecule is COC(OC)[C@@]1(C)Oc2ccc([N+](=O)[O-])cc2[C@@H](NC(=NCc2ccccc2Cl)NC#N)[C@@H]1O. The lowest BCUT2D eigenvalue weighted by Gasteiger charge is -2.46. The normalized spacial score (nSPS) is 21.9. The van der Waals surface area contributed by atoms with Crippen LogP contribution in [0, 0.1) is 21.6 Å². The number of nitriles is 1. The van der Waals surface area contributed by atoms with E-state index < -0.39 is 29.0 Å². The van der Waals surface area contributed by atoms with E-state index in [-0.39, 0.29) is 23.9 Å². The maximum Gasteiger partial charge on any atom is 0.270 e. The van der Waals surface area contributed by atoms with Gasteiger partial charge in [0, 0.05) is 36.9 Å². The molecule has 11 nitrogen and oxygen atoms in total. The van der Waals surface area contributed by atoms with Crippen LogP contribution in [0.5, 0.6) is 5.75 Å². The number of aliphatic hydroxyl groups is 1. The summed E-state index contributed by atoms with van der Waals surface area (Å²) < 4.78 is 16.7. The van der Waals surface area contributed by atoms with Crippen molar-refractivity contribution in [3.8, 4) is 11.9 Å². The van der Waals surface area contributed by atoms with Crippen LogP contribution in [-0.2, 0) is 16.0 Å². The molecule has 0 saturated heterocycles. The van der Waals surface area contributed by atoms with Crippen molar-refractivity contribution in [3.05, 3.63) is 68.7 Å². The van der Waals surface area contributed by atoms with E-state index in [0.717, 1.165) is 5.56 Å². The highest BCUT2D eigenvalue weighted by Gasteiger charge is 2.52. The van der Waals surface area contributed by atoms with E-state index in [2.05, 4.69) is 15.6 Å². The summed E-state index contributed by atoms with van der Waals surface area (Å²) in [5.74, 6) is 0.303. The molecule has 3 rings (SSSR count). The van der Waals surface area contributed by atoms with Crippen molar-refractivity contribution in [1.82, 2.24) is 10.6 Å². The standard InChI is InChI=1S/C22H24ClN5O6/c1-22(20(32-2)33-3)19(29)18(15-10-14(28(30)31)8-9-17(15)34-22)27-21(26-12-24)25-11-13-6-4-5-7-16(13)23/h4-10,18-20,29H,11H2,1-3H3,(H2,25,26,27)/t18-,19+,22+/m1/s1. The van der Waals surface area contributed by atoms with Gasteiger partial charge >= 0.3 is 0 Å². The summed E-state index contributed by atoms with van der Waals surface area (Å²) in [5.41, 5.74) is -0.585. The van der Waals surface area contributed by atoms with E-state index in [1.165, 1.54) is 32.4 Å². The van der Waals surface area contributed by atoms with E-state index in [1.807, 2.05) is 0 Å². The summed E-state index contributed by atoms with van der Waals surface area (Å²) in [5, 5.41) is 37.9. The van der Waals surface area contributed by atoms with Crippen LogP contribution in [0.3, 0.4) is 0 Å². The number of aliphatic hydroxyl groups excluding tert-OH is 1. The highest BCUT2D eigenvalue weighted by molar-refractivity contribution is 6.31. The molecule has 180 valence electrons. The van der Waals surface area contributed by atoms with Gasteiger partial charge in [0.05, 0.1) is 17.5 Å². The van der Waals surface area contributed by atoms with E-state index >= 15 is 0 Å². The molecule has 0 aromatic heterocycles. The molecule has 0 radical (unpaired) electrons. The lowest BCUT2D eigenvalue weighted by molar-refractivity contribution is -0.385. The number of halogens is 1. The van der Waals surface area contributed by atoms with Gasteiger partial charge in [0.25, 0.3) is 5.69 Å². The third-order valence-electron chi connectivity index (χ3n) is 5.50. The zero-order valence-corrected chi connectivity index (χ0v) is 19.4. The minimum Gasteiger partial charge on any atom is -0.479 e. The molecule has 0 spiro atoms. The van der Waals surface area contributed by atoms with Crippen molar-refractivity contribution >= 4 is 23.2 Å². The molecular formula is C22H24ClN5O6. The number of hydrogen-bond acceptors (Lipinski definition) is 8. The number of guanidine groups is 1. The fourth-order valence-corrected chi connectivity index (χ4v) is 4.00. The Labute approximate surface area is 201 Å². The number of nitro groups is 1. The molecule has 1 aliphatic rings. The first-order chi connectivity index (χ1) is 16.2. The Bertz CT molecular complexity index is 1120. The third kappa shape index (κ3) is 5.05. The van der Waals surface area contributed by atoms with Gasteiger partial charge in [-0.25, -0.2) is 4.99 Å². The second-order valence-electron chi connectivity index (χ2n) is 7.63. The fourth-order valence-electron chi connectivity index (χ4n) is 3.80. The summed E-state index contributed by atoms with van der Waals surface area (Å²) in [4.78, 5) is 15.2. The predicted octanol–water partition coefficient (Wildman–Crippen LogP) is 2.64. The monoisotopic (exact) mass is 489 g/mol. The van der Waals surface area contributed by atoms with Gasteiger partial charge in [0.15, 0.2) is 18.1 Å². The Hall–Kier alpha value is -3.43. The molecule has 0 bridgehead atoms. The first-order valence-electron chi connectivity index (χ1n) is 10.2. The van der Waals surface area contributed by atoms with Crippen molar-refractivity contribution in [1.29, 1.82) is 5.26 Å². The molecule has 2 aromatic carbocycles. The van der Waals surface area contributed by atoms with E-state index in [4.69, 9.17) is 25.8 Å². The van der Waals surface area contributed by atoms with Crippen molar-refractivity contribution < 1.29 is 24.2 Å². The van der Waals surface area contributed by atoms with Crippen LogP contribution in [0.25, 0.3) is 0 Å². The van der Waals surface area contributed by atoms with Gasteiger partial charge in [-0.3, -0.25) is 15.4 Å². The maximum atomic E-state index is 11.4. The third-order valence-corrected chi connectivity index (χ3v) is 5.87. The van der Waals surface area contributed by atoms with Gasteiger partial charge < -0.3 is 24.6 Å². The minimum atomic E-state index is -1.41. The van der Waals surface area contributed by atoms with Gasteiger partial charge in [-0.05, 0) is 24.6 Å². The van der Waals surface area contributed by atoms with Crippen LogP contribution in [0.2, 0.25) is 5.02 Å². The molecule has 3 atom stereocenters. The Kier molecular flexibility index (Phi) is 7.90. The molecule has 0 amide bonds. The summed E-state index contributed by atoms with van der Waals surface area (Å²) >= 11 is 6.19. The van der Waals surface area contributed by atoms with Gasteiger partial charge in [0.2, 0.25) is 5.96 Å². The van der Waals surface area contributed by atoms with Gasteiger partial charge in [-0.15, -0.1) is 0 Å². The predicted molar refractivity (Wildman–Crippen MR) is 123 cm³/mol. The quantitative estimate of drug-likeness (QED) is 0.101. The largest absolute Gasteiger partial charge is 0.479 e. The van der Waals surface area contributed by atoms with Crippen molar-refractivity contribution in [2.75, 3.05) is 14.2 Å². The summed E-state index contributed by atoms with van der Waals surface area (Å²) in [6, 6.07) is 10.1.